The van der Waals surface area contributed by atoms with Crippen molar-refractivity contribution in [1.82, 2.24) is 0 Å². The van der Waals surface area contributed by atoms with Gasteiger partial charge in [0.2, 0.25) is 5.92 Å². The van der Waals surface area contributed by atoms with Gasteiger partial charge in [-0.05, 0) is 81.3 Å². The van der Waals surface area contributed by atoms with Crippen LogP contribution in [0.3, 0.4) is 0 Å². The van der Waals surface area contributed by atoms with Crippen molar-refractivity contribution in [2.75, 3.05) is 5.32 Å². The van der Waals surface area contributed by atoms with Crippen molar-refractivity contribution in [1.29, 1.82) is 0 Å². The zero-order valence-electron chi connectivity index (χ0n) is 29.8. The Kier molecular flexibility index (Phi) is 29.8. The summed E-state index contributed by atoms with van der Waals surface area (Å²) >= 11 is 0. The fourth-order valence-electron chi connectivity index (χ4n) is 3.48. The van der Waals surface area contributed by atoms with Crippen LogP contribution in [0.4, 0.5) is 14.5 Å². The minimum atomic E-state index is -2.50. The van der Waals surface area contributed by atoms with E-state index in [9.17, 15) is 18.7 Å². The monoisotopic (exact) mass is 631 g/mol. The molecule has 3 rings (SSSR count). The first-order valence-corrected chi connectivity index (χ1v) is 15.3. The highest BCUT2D eigenvalue weighted by molar-refractivity contribution is 5.97. The summed E-state index contributed by atoms with van der Waals surface area (Å²) in [6.45, 7) is 26.1. The summed E-state index contributed by atoms with van der Waals surface area (Å²) in [7, 11) is 0. The lowest BCUT2D eigenvalue weighted by Gasteiger charge is -2.23. The third-order valence-electron chi connectivity index (χ3n) is 5.42. The van der Waals surface area contributed by atoms with Gasteiger partial charge in [0.1, 0.15) is 13.6 Å². The van der Waals surface area contributed by atoms with Crippen LogP contribution in [0.25, 0.3) is 0 Å². The minimum absolute atomic E-state index is 0.435. The summed E-state index contributed by atoms with van der Waals surface area (Å²) in [6.07, 6.45) is 2.39. The Bertz CT molecular complexity index is 1140. The molecule has 254 valence electrons. The predicted molar refractivity (Wildman–Crippen MR) is 188 cm³/mol. The number of rotatable bonds is 5. The van der Waals surface area contributed by atoms with Gasteiger partial charge in [-0.3, -0.25) is 4.79 Å². The Morgan fingerprint density at radius 2 is 1.29 bits per heavy atom. The average Bonchev–Trinajstić information content (AvgIpc) is 3.00. The number of nitrogens with one attached hydrogen (secondary N) is 1. The molecule has 0 aliphatic carbocycles. The molecule has 0 saturated heterocycles. The molecule has 45 heavy (non-hydrogen) atoms. The molecular weight excluding hydrogens is 572 g/mol. The highest BCUT2D eigenvalue weighted by atomic mass is 19.3. The van der Waals surface area contributed by atoms with E-state index in [-0.39, 0.29) is 0 Å². The molecule has 0 bridgehead atoms. The molecule has 0 aliphatic rings. The summed E-state index contributed by atoms with van der Waals surface area (Å²) in [6, 6.07) is 23.4. The Balaban J connectivity index is -0.000000301. The van der Waals surface area contributed by atoms with Crippen LogP contribution in [0.1, 0.15) is 109 Å². The van der Waals surface area contributed by atoms with Crippen molar-refractivity contribution in [3.05, 3.63) is 101 Å². The zero-order chi connectivity index (χ0) is 36.2. The van der Waals surface area contributed by atoms with Gasteiger partial charge in [0.15, 0.2) is 5.60 Å². The van der Waals surface area contributed by atoms with Gasteiger partial charge in [0.05, 0.1) is 0 Å². The number of hydrogen-bond acceptors (Lipinski definition) is 4. The molecule has 1 atom stereocenters. The lowest BCUT2D eigenvalue weighted by molar-refractivity contribution is -0.133. The average molecular weight is 632 g/mol. The first kappa shape index (κ1) is 48.2. The quantitative estimate of drug-likeness (QED) is 0.293. The number of amides is 1. The van der Waals surface area contributed by atoms with Crippen LogP contribution in [0.15, 0.2) is 72.8 Å². The number of carbonyl (C=O) groups excluding carboxylic acids is 3. The molecule has 0 radical (unpaired) electrons. The predicted octanol–water partition coefficient (Wildman–Crippen LogP) is 10.3. The van der Waals surface area contributed by atoms with Gasteiger partial charge < -0.3 is 20.0 Å². The van der Waals surface area contributed by atoms with E-state index in [1.54, 1.807) is 24.3 Å². The van der Waals surface area contributed by atoms with Gasteiger partial charge in [-0.25, -0.2) is 8.78 Å². The molecule has 0 spiro atoms. The molecule has 5 nitrogen and oxygen atoms in total. The van der Waals surface area contributed by atoms with Crippen molar-refractivity contribution < 1.29 is 28.3 Å². The normalized spacial score (nSPS) is 10.7. The van der Waals surface area contributed by atoms with E-state index in [1.165, 1.54) is 30.0 Å². The van der Waals surface area contributed by atoms with Gasteiger partial charge in [-0.1, -0.05) is 121 Å². The van der Waals surface area contributed by atoms with Crippen molar-refractivity contribution in [2.24, 2.45) is 0 Å². The number of benzene rings is 3. The molecule has 0 saturated carbocycles. The van der Waals surface area contributed by atoms with Crippen LogP contribution < -0.4 is 5.32 Å². The van der Waals surface area contributed by atoms with Crippen LogP contribution in [-0.2, 0) is 26.4 Å². The first-order valence-electron chi connectivity index (χ1n) is 15.3. The Morgan fingerprint density at radius 1 is 0.822 bits per heavy atom. The van der Waals surface area contributed by atoms with Crippen molar-refractivity contribution in [3.8, 4) is 0 Å². The van der Waals surface area contributed by atoms with E-state index in [2.05, 4.69) is 71.1 Å². The molecule has 0 fully saturated rings. The van der Waals surface area contributed by atoms with Gasteiger partial charge in [-0.15, -0.1) is 0 Å². The fourth-order valence-corrected chi connectivity index (χ4v) is 3.48. The van der Waals surface area contributed by atoms with Crippen LogP contribution in [-0.4, -0.2) is 30.5 Å². The van der Waals surface area contributed by atoms with E-state index in [0.29, 0.717) is 17.2 Å². The second kappa shape index (κ2) is 27.8. The smallest absolute Gasteiger partial charge is 0.260 e. The molecule has 0 aliphatic heterocycles. The van der Waals surface area contributed by atoms with Gasteiger partial charge in [-0.2, -0.15) is 0 Å². The first-order chi connectivity index (χ1) is 21.1. The molecule has 3 aromatic carbocycles. The van der Waals surface area contributed by atoms with Gasteiger partial charge in [0.25, 0.3) is 5.91 Å². The summed E-state index contributed by atoms with van der Waals surface area (Å²) in [5.41, 5.74) is 4.88. The minimum Gasteiger partial charge on any atom is -0.376 e. The number of alkyl halides is 2. The number of aryl methyl sites for hydroxylation is 3. The van der Waals surface area contributed by atoms with Crippen LogP contribution in [0.2, 0.25) is 0 Å². The molecule has 0 heterocycles. The summed E-state index contributed by atoms with van der Waals surface area (Å²) in [4.78, 5) is 28.4. The SMILES string of the molecule is C=O.C=O.CC.CC(C)(F)F.CCC.CCc1cccc(C)c1.Cc1cc(NC(=O)C(C)(O)c2ccccc2)ccc1C(C)C. The van der Waals surface area contributed by atoms with Gasteiger partial charge >= 0.3 is 0 Å². The molecule has 2 N–H and O–H groups in total. The molecule has 1 unspecified atom stereocenters. The fraction of sp³-hybridized carbons (Fsp3) is 0.447. The van der Waals surface area contributed by atoms with E-state index >= 15 is 0 Å². The Morgan fingerprint density at radius 3 is 1.64 bits per heavy atom. The highest BCUT2D eigenvalue weighted by Crippen LogP contribution is 2.25. The lowest BCUT2D eigenvalue weighted by Crippen LogP contribution is -2.37. The Hall–Kier alpha value is -3.71. The van der Waals surface area contributed by atoms with Crippen LogP contribution in [0, 0.1) is 13.8 Å². The van der Waals surface area contributed by atoms with Gasteiger partial charge in [0, 0.05) is 5.69 Å². The number of halogens is 2. The van der Waals surface area contributed by atoms with E-state index in [0.717, 1.165) is 25.8 Å². The molecule has 7 heteroatoms. The van der Waals surface area contributed by atoms with Crippen molar-refractivity contribution in [2.45, 2.75) is 113 Å². The standard InChI is InChI=1S/C19H23NO2.C9H12.C3H6F2.C3H8.C2H6.2CH2O/c1-13(2)17-11-10-16(12-14(17)3)20-18(21)19(4,22)15-8-6-5-7-9-15;1-3-9-6-4-5-8(2)7-9;1-3(2,4)5;1-3-2;3*1-2/h5-13,22H,1-4H3,(H,20,21);4-7H,3H2,1-2H3;1-2H3;3H2,1-2H3;1-2H3;2*1H2. The maximum absolute atomic E-state index is 12.4. The third kappa shape index (κ3) is 24.3. The van der Waals surface area contributed by atoms with Crippen LogP contribution in [0.5, 0.6) is 0 Å². The molecule has 3 aromatic rings. The lowest BCUT2D eigenvalue weighted by atomic mass is 9.94. The second-order valence-corrected chi connectivity index (χ2v) is 10.5. The second-order valence-electron chi connectivity index (χ2n) is 10.5. The third-order valence-corrected chi connectivity index (χ3v) is 5.42. The Labute approximate surface area is 272 Å². The van der Waals surface area contributed by atoms with Crippen molar-refractivity contribution >= 4 is 25.2 Å². The number of carbonyl (C=O) groups is 3. The molecule has 0 aromatic heterocycles. The summed E-state index contributed by atoms with van der Waals surface area (Å²) < 4.78 is 22.0. The number of aliphatic hydroxyl groups is 1. The summed E-state index contributed by atoms with van der Waals surface area (Å²) in [5, 5.41) is 13.3. The molecule has 1 amide bonds. The van der Waals surface area contributed by atoms with E-state index in [4.69, 9.17) is 9.59 Å². The van der Waals surface area contributed by atoms with E-state index in [1.807, 2.05) is 58.6 Å². The topological polar surface area (TPSA) is 83.5 Å². The maximum atomic E-state index is 12.4. The largest absolute Gasteiger partial charge is 0.376 e. The zero-order valence-corrected chi connectivity index (χ0v) is 29.8. The highest BCUT2D eigenvalue weighted by Gasteiger charge is 2.32. The number of anilines is 1. The molecular formula is C38H59F2NO4. The van der Waals surface area contributed by atoms with Crippen LogP contribution >= 0.6 is 0 Å². The van der Waals surface area contributed by atoms with Crippen molar-refractivity contribution in [3.63, 3.8) is 0 Å². The summed E-state index contributed by atoms with van der Waals surface area (Å²) in [5.74, 6) is -2.49. The maximum Gasteiger partial charge on any atom is 0.260 e. The van der Waals surface area contributed by atoms with E-state index < -0.39 is 17.4 Å². The number of hydrogen-bond donors (Lipinski definition) is 2.